The third-order valence-electron chi connectivity index (χ3n) is 8.72. The summed E-state index contributed by atoms with van der Waals surface area (Å²) in [6, 6.07) is 2.67. The maximum absolute atomic E-state index is 14.1. The second-order valence-electron chi connectivity index (χ2n) is 13.0. The van der Waals surface area contributed by atoms with Crippen LogP contribution in [-0.2, 0) is 39.2 Å². The zero-order chi connectivity index (χ0) is 38.2. The highest BCUT2D eigenvalue weighted by Gasteiger charge is 2.53. The van der Waals surface area contributed by atoms with E-state index in [1.807, 2.05) is 0 Å². The number of hydrogen-bond donors (Lipinski definition) is 1. The summed E-state index contributed by atoms with van der Waals surface area (Å²) in [5.41, 5.74) is -6.43. The molecule has 1 fully saturated rings. The summed E-state index contributed by atoms with van der Waals surface area (Å²) < 4.78 is 143. The molecule has 1 N–H and O–H groups in total. The second-order valence-corrected chi connectivity index (χ2v) is 13.0. The normalized spacial score (nSPS) is 16.6. The van der Waals surface area contributed by atoms with Gasteiger partial charge in [0.2, 0.25) is 5.95 Å². The molecule has 51 heavy (non-hydrogen) atoms. The van der Waals surface area contributed by atoms with Gasteiger partial charge in [0.1, 0.15) is 0 Å². The van der Waals surface area contributed by atoms with Crippen molar-refractivity contribution < 1.29 is 63.5 Å². The molecule has 1 aliphatic heterocycles. The highest BCUT2D eigenvalue weighted by molar-refractivity contribution is 6.62. The van der Waals surface area contributed by atoms with Gasteiger partial charge in [-0.15, -0.1) is 0 Å². The molecule has 0 amide bonds. The van der Waals surface area contributed by atoms with Crippen LogP contribution < -0.4 is 15.1 Å². The van der Waals surface area contributed by atoms with Crippen molar-refractivity contribution in [2.75, 3.05) is 11.5 Å². The Morgan fingerprint density at radius 1 is 0.863 bits per heavy atom. The Labute approximate surface area is 288 Å². The first-order chi connectivity index (χ1) is 23.4. The molecule has 0 saturated carbocycles. The van der Waals surface area contributed by atoms with Crippen molar-refractivity contribution in [2.24, 2.45) is 0 Å². The number of rotatable bonds is 12. The number of ether oxygens (including phenoxy) is 1. The molecule has 2 heterocycles. The van der Waals surface area contributed by atoms with Crippen LogP contribution in [0.3, 0.4) is 0 Å². The lowest BCUT2D eigenvalue weighted by Crippen LogP contribution is -2.41. The van der Waals surface area contributed by atoms with Crippen molar-refractivity contribution in [1.82, 2.24) is 9.97 Å². The van der Waals surface area contributed by atoms with E-state index in [2.05, 4.69) is 9.97 Å². The van der Waals surface area contributed by atoms with Crippen LogP contribution in [0.25, 0.3) is 0 Å². The van der Waals surface area contributed by atoms with E-state index in [-0.39, 0.29) is 54.7 Å². The van der Waals surface area contributed by atoms with Crippen molar-refractivity contribution in [1.29, 1.82) is 0 Å². The molecule has 1 unspecified atom stereocenters. The molecule has 2 aromatic carbocycles. The van der Waals surface area contributed by atoms with Gasteiger partial charge in [-0.2, -0.15) is 39.5 Å². The monoisotopic (exact) mass is 735 g/mol. The topological polar surface area (TPSA) is 94.0 Å². The minimum Gasteiger partial charge on any atom is -0.490 e. The Bertz CT molecular complexity index is 1650. The van der Waals surface area contributed by atoms with Gasteiger partial charge in [-0.05, 0) is 81.4 Å². The number of nitrogens with zero attached hydrogens (tertiary/aromatic N) is 3. The van der Waals surface area contributed by atoms with E-state index in [1.165, 1.54) is 11.0 Å². The van der Waals surface area contributed by atoms with Gasteiger partial charge in [0.05, 0.1) is 52.9 Å². The molecule has 0 aliphatic carbocycles. The van der Waals surface area contributed by atoms with Crippen LogP contribution >= 0.6 is 0 Å². The van der Waals surface area contributed by atoms with Crippen LogP contribution in [0.1, 0.15) is 87.7 Å². The Morgan fingerprint density at radius 3 is 1.86 bits per heavy atom. The highest BCUT2D eigenvalue weighted by atomic mass is 19.4. The molecule has 1 saturated heterocycles. The summed E-state index contributed by atoms with van der Waals surface area (Å²) in [6.45, 7) is 7.73. The van der Waals surface area contributed by atoms with E-state index in [0.29, 0.717) is 12.1 Å². The van der Waals surface area contributed by atoms with Gasteiger partial charge in [0.15, 0.2) is 5.75 Å². The standard InChI is InChI=1S/C33H35BF9N3O5/c1-6-26(24-15-20(31(35,36)37)9-10-25(24)34-50-29(2,3)30(4,5)51-34)46(28-44-16-23(17-45-28)49-11-7-8-27(47)48)18-19-12-21(32(38,39)40)14-22(13-19)33(41,42)43/h9-10,12-17,26H,6-8,11,18H2,1-5H3,(H,47,48). The Balaban J connectivity index is 1.89. The number of halogens is 9. The predicted octanol–water partition coefficient (Wildman–Crippen LogP) is 8.23. The average molecular weight is 735 g/mol. The van der Waals surface area contributed by atoms with Gasteiger partial charge in [-0.1, -0.05) is 19.1 Å². The van der Waals surface area contributed by atoms with Crippen LogP contribution in [-0.4, -0.2) is 46.0 Å². The van der Waals surface area contributed by atoms with Gasteiger partial charge in [-0.25, -0.2) is 9.97 Å². The first-order valence-electron chi connectivity index (χ1n) is 15.7. The first kappa shape index (κ1) is 39.7. The molecule has 0 bridgehead atoms. The van der Waals surface area contributed by atoms with Gasteiger partial charge in [-0.3, -0.25) is 4.79 Å². The molecular formula is C33H35BF9N3O5. The predicted molar refractivity (Wildman–Crippen MR) is 167 cm³/mol. The third-order valence-corrected chi connectivity index (χ3v) is 8.72. The van der Waals surface area contributed by atoms with Gasteiger partial charge in [0, 0.05) is 13.0 Å². The summed E-state index contributed by atoms with van der Waals surface area (Å²) in [4.78, 5) is 20.4. The average Bonchev–Trinajstić information content (AvgIpc) is 3.23. The number of aliphatic carboxylic acids is 1. The number of carbonyl (C=O) groups is 1. The molecule has 0 radical (unpaired) electrons. The zero-order valence-corrected chi connectivity index (χ0v) is 28.1. The van der Waals surface area contributed by atoms with E-state index < -0.39 is 77.7 Å². The van der Waals surface area contributed by atoms with Crippen molar-refractivity contribution in [2.45, 2.75) is 96.2 Å². The number of aromatic nitrogens is 2. The third kappa shape index (κ3) is 9.44. The van der Waals surface area contributed by atoms with Gasteiger partial charge >= 0.3 is 31.6 Å². The molecule has 18 heteroatoms. The maximum atomic E-state index is 14.1. The van der Waals surface area contributed by atoms with Crippen molar-refractivity contribution >= 4 is 24.5 Å². The lowest BCUT2D eigenvalue weighted by atomic mass is 9.73. The summed E-state index contributed by atoms with van der Waals surface area (Å²) in [6.07, 6.45) is -12.9. The quantitative estimate of drug-likeness (QED) is 0.113. The molecule has 4 rings (SSSR count). The second kappa shape index (κ2) is 14.5. The highest BCUT2D eigenvalue weighted by Crippen LogP contribution is 2.41. The largest absolute Gasteiger partial charge is 0.495 e. The van der Waals surface area contributed by atoms with Crippen LogP contribution in [0.2, 0.25) is 0 Å². The number of anilines is 1. The number of alkyl halides is 9. The number of benzene rings is 2. The molecule has 1 aromatic heterocycles. The Kier molecular flexibility index (Phi) is 11.3. The Morgan fingerprint density at radius 2 is 1.39 bits per heavy atom. The lowest BCUT2D eigenvalue weighted by molar-refractivity contribution is -0.143. The molecule has 278 valence electrons. The summed E-state index contributed by atoms with van der Waals surface area (Å²) in [7, 11) is -1.20. The zero-order valence-electron chi connectivity index (χ0n) is 28.1. The van der Waals surface area contributed by atoms with Crippen molar-refractivity contribution in [3.8, 4) is 5.75 Å². The van der Waals surface area contributed by atoms with E-state index >= 15 is 0 Å². The fraction of sp³-hybridized carbons (Fsp3) is 0.485. The Hall–Kier alpha value is -4.06. The molecule has 1 atom stereocenters. The van der Waals surface area contributed by atoms with Crippen LogP contribution in [0.4, 0.5) is 45.5 Å². The van der Waals surface area contributed by atoms with Crippen LogP contribution in [0, 0.1) is 0 Å². The summed E-state index contributed by atoms with van der Waals surface area (Å²) in [5, 5.41) is 8.83. The first-order valence-corrected chi connectivity index (χ1v) is 15.7. The lowest BCUT2D eigenvalue weighted by Gasteiger charge is -2.34. The SMILES string of the molecule is CCC(c1cc(C(F)(F)F)ccc1B1OC(C)(C)C(C)(C)O1)N(Cc1cc(C(F)(F)F)cc(C(F)(F)F)c1)c1ncc(OCCCC(=O)O)cn1. The molecule has 8 nitrogen and oxygen atoms in total. The molecule has 3 aromatic rings. The number of carboxylic acid groups (broad SMARTS) is 1. The van der Waals surface area contributed by atoms with E-state index in [9.17, 15) is 44.3 Å². The maximum Gasteiger partial charge on any atom is 0.495 e. The number of carboxylic acids is 1. The number of hydrogen-bond acceptors (Lipinski definition) is 7. The van der Waals surface area contributed by atoms with E-state index in [4.69, 9.17) is 19.2 Å². The summed E-state index contributed by atoms with van der Waals surface area (Å²) >= 11 is 0. The summed E-state index contributed by atoms with van der Waals surface area (Å²) in [5.74, 6) is -1.25. The van der Waals surface area contributed by atoms with Gasteiger partial charge < -0.3 is 24.1 Å². The van der Waals surface area contributed by atoms with Crippen LogP contribution in [0.5, 0.6) is 5.75 Å². The molecule has 1 aliphatic rings. The van der Waals surface area contributed by atoms with Crippen molar-refractivity contribution in [3.05, 3.63) is 76.6 Å². The van der Waals surface area contributed by atoms with Crippen LogP contribution in [0.15, 0.2) is 48.8 Å². The van der Waals surface area contributed by atoms with E-state index in [1.54, 1.807) is 34.6 Å². The fourth-order valence-corrected chi connectivity index (χ4v) is 5.41. The minimum absolute atomic E-state index is 0.0265. The van der Waals surface area contributed by atoms with E-state index in [0.717, 1.165) is 24.5 Å². The van der Waals surface area contributed by atoms with Gasteiger partial charge in [0.25, 0.3) is 0 Å². The smallest absolute Gasteiger partial charge is 0.490 e. The minimum atomic E-state index is -5.16. The molecule has 0 spiro atoms. The molecular weight excluding hydrogens is 700 g/mol. The fourth-order valence-electron chi connectivity index (χ4n) is 5.41. The van der Waals surface area contributed by atoms with Crippen molar-refractivity contribution in [3.63, 3.8) is 0 Å².